The summed E-state index contributed by atoms with van der Waals surface area (Å²) in [5, 5.41) is 10.8. The van der Waals surface area contributed by atoms with E-state index >= 15 is 0 Å². The lowest BCUT2D eigenvalue weighted by atomic mass is 9.92. The molecule has 1 atom stereocenters. The molecule has 1 aliphatic rings. The average molecular weight is 412 g/mol. The normalized spacial score (nSPS) is 15.7. The van der Waals surface area contributed by atoms with E-state index in [1.165, 1.54) is 19.3 Å². The molecule has 0 aliphatic heterocycles. The lowest BCUT2D eigenvalue weighted by Crippen LogP contribution is -2.45. The van der Waals surface area contributed by atoms with Gasteiger partial charge >= 0.3 is 0 Å². The Kier molecular flexibility index (Phi) is 7.38. The Morgan fingerprint density at radius 3 is 2.10 bits per heavy atom. The first-order valence-electron chi connectivity index (χ1n) is 10.8. The van der Waals surface area contributed by atoms with Crippen molar-refractivity contribution in [2.24, 2.45) is 0 Å². The van der Waals surface area contributed by atoms with Crippen LogP contribution < -0.4 is 9.47 Å². The summed E-state index contributed by atoms with van der Waals surface area (Å²) in [7, 11) is 3.15. The number of hydrogen-bond donors (Lipinski definition) is 1. The number of carbonyl (C=O) groups excluding carboxylic acids is 1. The van der Waals surface area contributed by atoms with Gasteiger partial charge in [0.2, 0.25) is 0 Å². The van der Waals surface area contributed by atoms with Gasteiger partial charge in [-0.15, -0.1) is 0 Å². The Bertz CT molecular complexity index is 841. The maximum atomic E-state index is 13.2. The third-order valence-corrected chi connectivity index (χ3v) is 5.96. The first kappa shape index (κ1) is 22.2. The first-order valence-corrected chi connectivity index (χ1v) is 10.8. The molecular weight excluding hydrogens is 378 g/mol. The molecule has 1 saturated carbocycles. The number of nitrogens with zero attached hydrogens (tertiary/aromatic N) is 1. The van der Waals surface area contributed by atoms with Gasteiger partial charge in [0, 0.05) is 17.6 Å². The van der Waals surface area contributed by atoms with Gasteiger partial charge in [0.15, 0.2) is 11.5 Å². The zero-order chi connectivity index (χ0) is 21.7. The van der Waals surface area contributed by atoms with Crippen molar-refractivity contribution in [1.82, 2.24) is 4.90 Å². The molecule has 5 nitrogen and oxygen atoms in total. The van der Waals surface area contributed by atoms with Gasteiger partial charge in [-0.2, -0.15) is 0 Å². The van der Waals surface area contributed by atoms with Crippen LogP contribution in [0.1, 0.15) is 73.5 Å². The number of aliphatic hydroxyl groups excluding tert-OH is 1. The molecule has 3 rings (SSSR count). The van der Waals surface area contributed by atoms with E-state index in [1.54, 1.807) is 26.4 Å². The van der Waals surface area contributed by atoms with E-state index in [2.05, 4.69) is 13.8 Å². The van der Waals surface area contributed by atoms with Crippen LogP contribution in [0.5, 0.6) is 11.5 Å². The van der Waals surface area contributed by atoms with Gasteiger partial charge in [-0.05, 0) is 62.1 Å². The fraction of sp³-hybridized carbons (Fsp3) is 0.480. The number of amides is 1. The summed E-state index contributed by atoms with van der Waals surface area (Å²) in [5.74, 6) is 1.26. The van der Waals surface area contributed by atoms with Crippen LogP contribution in [0.25, 0.3) is 0 Å². The van der Waals surface area contributed by atoms with Crippen LogP contribution in [0.15, 0.2) is 42.5 Å². The van der Waals surface area contributed by atoms with Crippen molar-refractivity contribution in [2.75, 3.05) is 14.2 Å². The van der Waals surface area contributed by atoms with Crippen LogP contribution in [0.4, 0.5) is 0 Å². The Hall–Kier alpha value is -2.53. The van der Waals surface area contributed by atoms with Crippen molar-refractivity contribution in [3.05, 3.63) is 59.2 Å². The molecule has 1 fully saturated rings. The molecule has 1 N–H and O–H groups in total. The van der Waals surface area contributed by atoms with Gasteiger partial charge in [0.25, 0.3) is 5.91 Å². The van der Waals surface area contributed by atoms with E-state index in [9.17, 15) is 9.90 Å². The van der Waals surface area contributed by atoms with Crippen LogP contribution in [-0.2, 0) is 0 Å². The second-order valence-corrected chi connectivity index (χ2v) is 8.24. The zero-order valence-corrected chi connectivity index (χ0v) is 18.4. The summed E-state index contributed by atoms with van der Waals surface area (Å²) < 4.78 is 10.6. The van der Waals surface area contributed by atoms with Crippen molar-refractivity contribution in [1.29, 1.82) is 0 Å². The summed E-state index contributed by atoms with van der Waals surface area (Å²) in [4.78, 5) is 15.3. The molecule has 0 radical (unpaired) electrons. The van der Waals surface area contributed by atoms with Crippen LogP contribution in [-0.4, -0.2) is 42.2 Å². The second-order valence-electron chi connectivity index (χ2n) is 8.24. The monoisotopic (exact) mass is 411 g/mol. The van der Waals surface area contributed by atoms with Crippen molar-refractivity contribution in [2.45, 2.75) is 64.1 Å². The number of benzene rings is 2. The van der Waals surface area contributed by atoms with Gasteiger partial charge in [-0.25, -0.2) is 0 Å². The van der Waals surface area contributed by atoms with Crippen LogP contribution in [0.2, 0.25) is 0 Å². The highest BCUT2D eigenvalue weighted by molar-refractivity contribution is 5.94. The molecule has 1 amide bonds. The predicted molar refractivity (Wildman–Crippen MR) is 118 cm³/mol. The number of rotatable bonds is 7. The summed E-state index contributed by atoms with van der Waals surface area (Å²) in [6.07, 6.45) is 5.00. The molecule has 0 saturated heterocycles. The molecule has 30 heavy (non-hydrogen) atoms. The Morgan fingerprint density at radius 1 is 0.933 bits per heavy atom. The van der Waals surface area contributed by atoms with E-state index in [0.29, 0.717) is 28.7 Å². The summed E-state index contributed by atoms with van der Waals surface area (Å²) in [6.45, 7) is 4.17. The van der Waals surface area contributed by atoms with Crippen molar-refractivity contribution in [3.8, 4) is 11.5 Å². The smallest absolute Gasteiger partial charge is 0.254 e. The van der Waals surface area contributed by atoms with Crippen molar-refractivity contribution < 1.29 is 19.4 Å². The highest BCUT2D eigenvalue weighted by atomic mass is 16.5. The summed E-state index contributed by atoms with van der Waals surface area (Å²) in [5.41, 5.74) is 2.10. The molecule has 5 heteroatoms. The van der Waals surface area contributed by atoms with Gasteiger partial charge in [-0.1, -0.05) is 37.5 Å². The lowest BCUT2D eigenvalue weighted by Gasteiger charge is -2.37. The van der Waals surface area contributed by atoms with E-state index < -0.39 is 6.10 Å². The largest absolute Gasteiger partial charge is 0.493 e. The minimum absolute atomic E-state index is 0.0732. The SMILES string of the molecule is COc1ccc(C(O)c2ccc(C(=O)N(C(C)C)C3CCCCC3)cc2)cc1OC. The predicted octanol–water partition coefficient (Wildman–Crippen LogP) is 4.97. The van der Waals surface area contributed by atoms with Crippen molar-refractivity contribution in [3.63, 3.8) is 0 Å². The van der Waals surface area contributed by atoms with Crippen LogP contribution in [0.3, 0.4) is 0 Å². The van der Waals surface area contributed by atoms with E-state index in [-0.39, 0.29) is 11.9 Å². The standard InChI is InChI=1S/C25H33NO4/c1-17(2)26(21-8-6-5-7-9-21)25(28)19-12-10-18(11-13-19)24(27)20-14-15-22(29-3)23(16-20)30-4/h10-17,21,24,27H,5-9H2,1-4H3. The van der Waals surface area contributed by atoms with Crippen LogP contribution >= 0.6 is 0 Å². The minimum atomic E-state index is -0.812. The molecule has 0 spiro atoms. The number of methoxy groups -OCH3 is 2. The fourth-order valence-corrected chi connectivity index (χ4v) is 4.35. The lowest BCUT2D eigenvalue weighted by molar-refractivity contribution is 0.0555. The highest BCUT2D eigenvalue weighted by Gasteiger charge is 2.28. The molecule has 1 unspecified atom stereocenters. The minimum Gasteiger partial charge on any atom is -0.493 e. The van der Waals surface area contributed by atoms with E-state index in [0.717, 1.165) is 18.4 Å². The van der Waals surface area contributed by atoms with Crippen LogP contribution in [0, 0.1) is 0 Å². The van der Waals surface area contributed by atoms with Gasteiger partial charge in [-0.3, -0.25) is 4.79 Å². The third kappa shape index (κ3) is 4.78. The number of aliphatic hydroxyl groups is 1. The third-order valence-electron chi connectivity index (χ3n) is 5.96. The van der Waals surface area contributed by atoms with Gasteiger partial charge < -0.3 is 19.5 Å². The quantitative estimate of drug-likeness (QED) is 0.699. The molecule has 1 aliphatic carbocycles. The van der Waals surface area contributed by atoms with Gasteiger partial charge in [0.05, 0.1) is 14.2 Å². The molecule has 0 aromatic heterocycles. The second kappa shape index (κ2) is 9.98. The van der Waals surface area contributed by atoms with E-state index in [1.807, 2.05) is 35.2 Å². The maximum absolute atomic E-state index is 13.2. The Balaban J connectivity index is 1.78. The molecule has 2 aromatic carbocycles. The average Bonchev–Trinajstić information content (AvgIpc) is 2.78. The number of hydrogen-bond acceptors (Lipinski definition) is 4. The van der Waals surface area contributed by atoms with Gasteiger partial charge in [0.1, 0.15) is 6.10 Å². The zero-order valence-electron chi connectivity index (χ0n) is 18.4. The highest BCUT2D eigenvalue weighted by Crippen LogP contribution is 2.32. The summed E-state index contributed by atoms with van der Waals surface area (Å²) in [6, 6.07) is 13.1. The molecule has 0 bridgehead atoms. The molecular formula is C25H33NO4. The summed E-state index contributed by atoms with van der Waals surface area (Å²) >= 11 is 0. The molecule has 0 heterocycles. The first-order chi connectivity index (χ1) is 14.5. The molecule has 2 aromatic rings. The molecule has 162 valence electrons. The topological polar surface area (TPSA) is 59.0 Å². The number of ether oxygens (including phenoxy) is 2. The van der Waals surface area contributed by atoms with E-state index in [4.69, 9.17) is 9.47 Å². The Morgan fingerprint density at radius 2 is 1.53 bits per heavy atom. The Labute approximate surface area is 179 Å². The maximum Gasteiger partial charge on any atom is 0.254 e. The van der Waals surface area contributed by atoms with Crippen molar-refractivity contribution >= 4 is 5.91 Å². The number of carbonyl (C=O) groups is 1. The fourth-order valence-electron chi connectivity index (χ4n) is 4.35.